The monoisotopic (exact) mass is 1240 g/mol. The third-order valence-corrected chi connectivity index (χ3v) is 16.7. The average Bonchev–Trinajstić information content (AvgIpc) is 0.848. The number of carbonyl (C=O) groups is 2. The van der Waals surface area contributed by atoms with E-state index in [1.54, 1.807) is 19.1 Å². The zero-order valence-electron chi connectivity index (χ0n) is 57.6. The number of fused-ring (bicyclic) bond motifs is 2. The van der Waals surface area contributed by atoms with E-state index in [9.17, 15) is 34.5 Å². The van der Waals surface area contributed by atoms with E-state index in [1.807, 2.05) is 13.8 Å². The van der Waals surface area contributed by atoms with Gasteiger partial charge >= 0.3 is 5.69 Å². The lowest BCUT2D eigenvalue weighted by atomic mass is 9.90. The van der Waals surface area contributed by atoms with Gasteiger partial charge in [-0.25, -0.2) is 9.78 Å². The van der Waals surface area contributed by atoms with Gasteiger partial charge in [0.1, 0.15) is 18.3 Å². The molecule has 0 spiro atoms. The predicted molar refractivity (Wildman–Crippen MR) is 370 cm³/mol. The molecule has 0 saturated carbocycles. The number of H-pyrrole nitrogens is 1. The van der Waals surface area contributed by atoms with Crippen LogP contribution in [0.2, 0.25) is 0 Å². The number of Topliss-reactive ketones (excluding diaryl/α,β-unsaturated/α-hetero) is 2. The number of aryl methyl sites for hydroxylation is 2. The molecule has 0 unspecified atom stereocenters. The molecule has 0 amide bonds. The first-order valence-corrected chi connectivity index (χ1v) is 32.4. The number of benzene rings is 1. The molecule has 3 atom stereocenters. The van der Waals surface area contributed by atoms with Crippen LogP contribution in [-0.4, -0.2) is 90.7 Å². The minimum absolute atomic E-state index is 0.00667. The van der Waals surface area contributed by atoms with Crippen molar-refractivity contribution in [2.45, 2.75) is 244 Å². The number of rotatable bonds is 36. The highest BCUT2D eigenvalue weighted by atomic mass is 16.5. The number of nitrogens with zero attached hydrogens (tertiary/aromatic N) is 3. The van der Waals surface area contributed by atoms with Gasteiger partial charge in [0, 0.05) is 11.1 Å². The molecule has 0 fully saturated rings. The Balaban J connectivity index is 0.000000643. The van der Waals surface area contributed by atoms with E-state index in [4.69, 9.17) is 14.6 Å². The van der Waals surface area contributed by atoms with Crippen molar-refractivity contribution >= 4 is 22.6 Å². The summed E-state index contributed by atoms with van der Waals surface area (Å²) in [7, 11) is 2.78. The molecule has 0 aromatic heterocycles. The third-order valence-electron chi connectivity index (χ3n) is 16.7. The molecular formula is C76H110N4O10. The van der Waals surface area contributed by atoms with Crippen LogP contribution in [0.15, 0.2) is 161 Å². The quantitative estimate of drug-likeness (QED) is 0.0209. The molecule has 14 nitrogen and oxygen atoms in total. The molecular weight excluding hydrogens is 1130 g/mol. The standard InChI is InChI=1S/C59H90O4.C17H20N4O6/c1-44(2)24-15-25-45(3)26-16-27-46(4)28-17-29-47(5)30-18-31-48(6)32-19-33-49(7)34-20-35-50(8)36-21-37-51(9)38-22-39-52(10)40-23-41-53(11)42-43-55-54(12)56(60)58(62-13)59(63-14)57(55)61;1-7-3-9-10(4-8(7)2)21(5-11(23)14(25)12(24)6-22)15-13(18-9)16(26)20-17(27)19-15/h24,26,28,30,32,34,36,38,40,42H,15-23,25,27,29,31,33,35,37,39,41,43H2,1-14H3;3-4,11-12,14,22-25H,5-6H2,1-2H3,(H,20,26,27)/b45-26+,46-28+,47-30+,48-32+,49-34+,50-36+,51-38+,52-40+,53-42+;/t;11-,12+,14-/m.0/s1. The second kappa shape index (κ2) is 40.8. The second-order valence-electron chi connectivity index (χ2n) is 25.1. The third kappa shape index (κ3) is 27.3. The van der Waals surface area contributed by atoms with Gasteiger partial charge < -0.3 is 34.5 Å². The van der Waals surface area contributed by atoms with Crippen molar-refractivity contribution in [3.63, 3.8) is 0 Å². The number of ketones is 2. The molecule has 494 valence electrons. The van der Waals surface area contributed by atoms with E-state index < -0.39 is 36.2 Å². The van der Waals surface area contributed by atoms with Gasteiger partial charge in [-0.1, -0.05) is 116 Å². The zero-order chi connectivity index (χ0) is 67.0. The van der Waals surface area contributed by atoms with Crippen molar-refractivity contribution in [2.24, 2.45) is 0 Å². The number of aromatic amines is 1. The largest absolute Gasteiger partial charge is 0.489 e. The Kier molecular flexibility index (Phi) is 35.1. The fraction of sp³-hybridized carbons (Fsp3) is 0.526. The Morgan fingerprint density at radius 1 is 0.500 bits per heavy atom. The number of aliphatic hydroxyl groups excluding tert-OH is 4. The summed E-state index contributed by atoms with van der Waals surface area (Å²) in [4.78, 5) is 59.5. The maximum atomic E-state index is 12.9. The summed E-state index contributed by atoms with van der Waals surface area (Å²) >= 11 is 0. The van der Waals surface area contributed by atoms with Gasteiger partial charge in [0.2, 0.25) is 23.1 Å². The van der Waals surface area contributed by atoms with Crippen LogP contribution in [0, 0.1) is 13.8 Å². The van der Waals surface area contributed by atoms with E-state index in [-0.39, 0.29) is 41.1 Å². The molecule has 0 saturated heterocycles. The summed E-state index contributed by atoms with van der Waals surface area (Å²) in [5, 5.41) is 38.8. The molecule has 1 aromatic carbocycles. The number of methoxy groups -OCH3 is 2. The first-order valence-electron chi connectivity index (χ1n) is 32.4. The Morgan fingerprint density at radius 3 is 1.22 bits per heavy atom. The van der Waals surface area contributed by atoms with Crippen LogP contribution in [-0.2, 0) is 25.6 Å². The van der Waals surface area contributed by atoms with Crippen LogP contribution < -0.4 is 11.2 Å². The lowest BCUT2D eigenvalue weighted by molar-refractivity contribution is -0.121. The van der Waals surface area contributed by atoms with Crippen molar-refractivity contribution in [3.05, 3.63) is 183 Å². The Bertz CT molecular complexity index is 3360. The number of nitrogens with one attached hydrogen (secondary N) is 1. The minimum atomic E-state index is -1.64. The van der Waals surface area contributed by atoms with Gasteiger partial charge in [0.25, 0.3) is 5.56 Å². The van der Waals surface area contributed by atoms with Crippen LogP contribution in [0.3, 0.4) is 0 Å². The van der Waals surface area contributed by atoms with E-state index in [0.717, 1.165) is 107 Å². The maximum absolute atomic E-state index is 12.9. The normalized spacial score (nSPS) is 15.7. The summed E-state index contributed by atoms with van der Waals surface area (Å²) in [6, 6.07) is 3.53. The topological polar surface area (TPSA) is 214 Å². The van der Waals surface area contributed by atoms with Gasteiger partial charge in [0.15, 0.2) is 11.5 Å². The smallest absolute Gasteiger partial charge is 0.349 e. The summed E-state index contributed by atoms with van der Waals surface area (Å²) < 4.78 is 11.7. The highest BCUT2D eigenvalue weighted by Crippen LogP contribution is 2.29. The number of hydrogen-bond donors (Lipinski definition) is 5. The fourth-order valence-electron chi connectivity index (χ4n) is 10.5. The molecule has 5 N–H and O–H groups in total. The van der Waals surface area contributed by atoms with E-state index in [1.165, 1.54) is 93.8 Å². The summed E-state index contributed by atoms with van der Waals surface area (Å²) in [6.45, 7) is 29.1. The van der Waals surface area contributed by atoms with Crippen LogP contribution in [0.25, 0.3) is 22.6 Å². The van der Waals surface area contributed by atoms with E-state index in [0.29, 0.717) is 28.6 Å². The Hall–Kier alpha value is -6.84. The van der Waals surface area contributed by atoms with Crippen molar-refractivity contribution in [2.75, 3.05) is 20.8 Å². The van der Waals surface area contributed by atoms with Gasteiger partial charge in [-0.2, -0.15) is 4.98 Å². The molecule has 1 aromatic rings. The maximum Gasteiger partial charge on any atom is 0.349 e. The van der Waals surface area contributed by atoms with Crippen LogP contribution in [0.1, 0.15) is 216 Å². The van der Waals surface area contributed by atoms with E-state index >= 15 is 0 Å². The summed E-state index contributed by atoms with van der Waals surface area (Å²) in [6.07, 6.45) is 39.6. The number of carbonyl (C=O) groups excluding carboxylic acids is 2. The van der Waals surface area contributed by atoms with Gasteiger partial charge in [-0.3, -0.25) is 19.4 Å². The average molecular weight is 1240 g/mol. The first-order chi connectivity index (χ1) is 42.7. The highest BCUT2D eigenvalue weighted by Gasteiger charge is 2.34. The van der Waals surface area contributed by atoms with Crippen molar-refractivity contribution in [1.29, 1.82) is 0 Å². The summed E-state index contributed by atoms with van der Waals surface area (Å²) in [5.74, 6) is -0.623. The van der Waals surface area contributed by atoms with Crippen LogP contribution >= 0.6 is 0 Å². The fourth-order valence-corrected chi connectivity index (χ4v) is 10.5. The molecule has 2 aliphatic heterocycles. The molecule has 1 aliphatic carbocycles. The number of ether oxygens (including phenoxy) is 2. The molecule has 2 heterocycles. The SMILES string of the molecule is COC1=C(OC)C(=O)C(C/C=C(\C)CC/C=C(\C)CC/C=C(\C)CC/C=C(\C)CC/C=C(\C)CC/C=C(\C)CC/C=C(\C)CC/C=C(\C)CC/C=C(\C)CCC=C(C)C)=C(C)C1=O.Cc1cc2nc3c(=O)[nH]c(=O)nc-3n(C[C@H](O)[C@H](O)[C@H](O)CO)c2cc1C. The molecule has 0 radical (unpaired) electrons. The van der Waals surface area contributed by atoms with Gasteiger partial charge in [-0.05, 0) is 242 Å². The Morgan fingerprint density at radius 2 is 0.856 bits per heavy atom. The number of aromatic nitrogens is 4. The number of aliphatic hydroxyl groups is 4. The van der Waals surface area contributed by atoms with Crippen molar-refractivity contribution in [1.82, 2.24) is 19.5 Å². The lowest BCUT2D eigenvalue weighted by Gasteiger charge is -2.25. The first kappa shape index (κ1) is 77.4. The lowest BCUT2D eigenvalue weighted by Crippen LogP contribution is -2.42. The van der Waals surface area contributed by atoms with E-state index in [2.05, 4.69) is 152 Å². The molecule has 3 aliphatic rings. The molecule has 90 heavy (non-hydrogen) atoms. The summed E-state index contributed by atoms with van der Waals surface area (Å²) in [5.41, 5.74) is 16.6. The number of allylic oxidation sites excluding steroid dienone is 22. The second-order valence-corrected chi connectivity index (χ2v) is 25.1. The Labute approximate surface area is 538 Å². The molecule has 4 rings (SSSR count). The minimum Gasteiger partial charge on any atom is -0.489 e. The highest BCUT2D eigenvalue weighted by molar-refractivity contribution is 6.23. The van der Waals surface area contributed by atoms with Gasteiger partial charge in [0.05, 0.1) is 38.4 Å². The van der Waals surface area contributed by atoms with Crippen molar-refractivity contribution in [3.8, 4) is 11.5 Å². The molecule has 14 heteroatoms. The van der Waals surface area contributed by atoms with Crippen LogP contribution in [0.5, 0.6) is 0 Å². The zero-order valence-corrected chi connectivity index (χ0v) is 57.6. The van der Waals surface area contributed by atoms with Crippen LogP contribution in [0.4, 0.5) is 0 Å². The van der Waals surface area contributed by atoms with Crippen molar-refractivity contribution < 1.29 is 39.5 Å². The van der Waals surface area contributed by atoms with Gasteiger partial charge in [-0.15, -0.1) is 0 Å². The molecule has 0 bridgehead atoms. The number of hydrogen-bond acceptors (Lipinski definition) is 12. The predicted octanol–water partition coefficient (Wildman–Crippen LogP) is 16.1.